The molecular formula is C58H92O6. The summed E-state index contributed by atoms with van der Waals surface area (Å²) < 4.78 is 33.1. The number of fused-ring (bicyclic) bond motifs is 6. The molecule has 0 unspecified atom stereocenters. The first kappa shape index (κ1) is 53.1. The van der Waals surface area contributed by atoms with Crippen molar-refractivity contribution in [1.29, 1.82) is 0 Å². The highest BCUT2D eigenvalue weighted by atomic mass is 16.5. The van der Waals surface area contributed by atoms with Crippen LogP contribution in [-0.2, 0) is 0 Å². The van der Waals surface area contributed by atoms with Crippen molar-refractivity contribution in [3.8, 4) is 34.5 Å². The van der Waals surface area contributed by atoms with Gasteiger partial charge in [-0.3, -0.25) is 0 Å². The van der Waals surface area contributed by atoms with Crippen molar-refractivity contribution in [2.75, 3.05) is 33.0 Å². The van der Waals surface area contributed by atoms with E-state index in [1.54, 1.807) is 0 Å². The van der Waals surface area contributed by atoms with E-state index in [0.29, 0.717) is 38.8 Å². The van der Waals surface area contributed by atoms with Crippen LogP contribution in [0.1, 0.15) is 227 Å². The summed E-state index contributed by atoms with van der Waals surface area (Å²) in [4.78, 5) is 0. The third-order valence-electron chi connectivity index (χ3n) is 12.9. The average Bonchev–Trinajstić information content (AvgIpc) is 3.30. The Kier molecular flexibility index (Phi) is 27.4. The van der Waals surface area contributed by atoms with Crippen LogP contribution in [0.15, 0.2) is 36.4 Å². The number of phenols is 1. The molecular weight excluding hydrogens is 793 g/mol. The van der Waals surface area contributed by atoms with Crippen molar-refractivity contribution < 1.29 is 28.8 Å². The number of hydrogen-bond acceptors (Lipinski definition) is 6. The fourth-order valence-electron chi connectivity index (χ4n) is 8.91. The molecule has 0 aromatic heterocycles. The van der Waals surface area contributed by atoms with Crippen molar-refractivity contribution >= 4 is 32.3 Å². The molecule has 0 saturated heterocycles. The van der Waals surface area contributed by atoms with E-state index in [-0.39, 0.29) is 5.75 Å². The summed E-state index contributed by atoms with van der Waals surface area (Å²) in [6, 6.07) is 12.7. The van der Waals surface area contributed by atoms with Crippen LogP contribution in [0.3, 0.4) is 0 Å². The zero-order valence-corrected chi connectivity index (χ0v) is 41.7. The van der Waals surface area contributed by atoms with Gasteiger partial charge in [0.15, 0.2) is 34.5 Å². The largest absolute Gasteiger partial charge is 0.504 e. The summed E-state index contributed by atoms with van der Waals surface area (Å²) in [5.74, 6) is 3.83. The van der Waals surface area contributed by atoms with Crippen molar-refractivity contribution in [2.24, 2.45) is 0 Å². The molecule has 0 spiro atoms. The lowest BCUT2D eigenvalue weighted by molar-refractivity contribution is 0.259. The van der Waals surface area contributed by atoms with Crippen LogP contribution in [0.2, 0.25) is 0 Å². The summed E-state index contributed by atoms with van der Waals surface area (Å²) in [6.45, 7) is 14.5. The minimum Gasteiger partial charge on any atom is -0.504 e. The van der Waals surface area contributed by atoms with E-state index in [9.17, 15) is 5.11 Å². The molecule has 360 valence electrons. The number of hydrogen-bond donors (Lipinski definition) is 1. The van der Waals surface area contributed by atoms with Gasteiger partial charge in [0.1, 0.15) is 0 Å². The number of ether oxygens (including phenoxy) is 5. The Balaban J connectivity index is 1.79. The van der Waals surface area contributed by atoms with Gasteiger partial charge in [-0.25, -0.2) is 0 Å². The topological polar surface area (TPSA) is 66.4 Å². The third-order valence-corrected chi connectivity index (χ3v) is 12.9. The van der Waals surface area contributed by atoms with E-state index in [4.69, 9.17) is 23.7 Å². The molecule has 0 saturated carbocycles. The molecule has 1 N–H and O–H groups in total. The minimum atomic E-state index is 0.163. The van der Waals surface area contributed by atoms with Crippen LogP contribution in [0.5, 0.6) is 34.5 Å². The summed E-state index contributed by atoms with van der Waals surface area (Å²) in [7, 11) is 0. The zero-order chi connectivity index (χ0) is 45.5. The number of unbranched alkanes of at least 4 members (excludes halogenated alkanes) is 25. The van der Waals surface area contributed by atoms with Crippen LogP contribution >= 0.6 is 0 Å². The summed E-state index contributed by atoms with van der Waals surface area (Å²) >= 11 is 0. The Morgan fingerprint density at radius 1 is 0.250 bits per heavy atom. The molecule has 0 aliphatic carbocycles. The van der Waals surface area contributed by atoms with Gasteiger partial charge < -0.3 is 28.8 Å². The first-order valence-electron chi connectivity index (χ1n) is 26.9. The van der Waals surface area contributed by atoms with Gasteiger partial charge >= 0.3 is 0 Å². The highest BCUT2D eigenvalue weighted by Gasteiger charge is 2.20. The maximum Gasteiger partial charge on any atom is 0.161 e. The minimum absolute atomic E-state index is 0.163. The third kappa shape index (κ3) is 18.7. The fourth-order valence-corrected chi connectivity index (χ4v) is 8.91. The monoisotopic (exact) mass is 885 g/mol. The number of phenolic OH excluding ortho intramolecular Hbond substituents is 1. The molecule has 0 bridgehead atoms. The predicted molar refractivity (Wildman–Crippen MR) is 275 cm³/mol. The van der Waals surface area contributed by atoms with Crippen LogP contribution in [0.25, 0.3) is 32.3 Å². The Morgan fingerprint density at radius 2 is 0.438 bits per heavy atom. The normalized spacial score (nSPS) is 11.6. The molecule has 4 aromatic carbocycles. The maximum absolute atomic E-state index is 11.6. The van der Waals surface area contributed by atoms with Crippen molar-refractivity contribution in [2.45, 2.75) is 227 Å². The van der Waals surface area contributed by atoms with Gasteiger partial charge in [0.25, 0.3) is 0 Å². The van der Waals surface area contributed by atoms with E-state index in [1.807, 2.05) is 6.07 Å². The number of aromatic hydroxyl groups is 1. The SMILES string of the molecule is CCCCCCCCOc1cc2c(cc1O)c1cc(OCCCCCCCC)c(OCCCCCCCC)cc1c1cc(OCCCCCCCC)c(OCCCCCCCC)cc21. The standard InChI is InChI=1S/C58H92O6/c1-6-11-16-21-26-31-36-60-54-42-48-47(41-53(54)59)49-43-55(61-37-32-27-22-17-12-7-2)57(63-39-34-29-24-19-14-9-4)45-51(49)52-46-58(64-40-35-30-25-20-15-10-5)56(44-50(48)52)62-38-33-28-23-18-13-8-3/h41-46,59H,6-40H2,1-5H3. The van der Waals surface area contributed by atoms with E-state index in [2.05, 4.69) is 65.0 Å². The van der Waals surface area contributed by atoms with Crippen LogP contribution in [0.4, 0.5) is 0 Å². The highest BCUT2D eigenvalue weighted by Crippen LogP contribution is 2.47. The Morgan fingerprint density at radius 3 is 0.688 bits per heavy atom. The van der Waals surface area contributed by atoms with Crippen molar-refractivity contribution in [3.63, 3.8) is 0 Å². The molecule has 0 atom stereocenters. The fraction of sp³-hybridized carbons (Fsp3) is 0.690. The van der Waals surface area contributed by atoms with E-state index >= 15 is 0 Å². The van der Waals surface area contributed by atoms with Crippen LogP contribution in [-0.4, -0.2) is 38.1 Å². The van der Waals surface area contributed by atoms with Crippen LogP contribution in [0, 0.1) is 0 Å². The van der Waals surface area contributed by atoms with E-state index in [0.717, 1.165) is 100 Å². The Labute approximate surface area is 390 Å². The molecule has 0 aliphatic heterocycles. The quantitative estimate of drug-likeness (QED) is 0.0355. The van der Waals surface area contributed by atoms with Crippen LogP contribution < -0.4 is 23.7 Å². The lowest BCUT2D eigenvalue weighted by Gasteiger charge is -2.20. The molecule has 0 aliphatic rings. The molecule has 4 rings (SSSR count). The van der Waals surface area contributed by atoms with Gasteiger partial charge in [-0.05, 0) is 101 Å². The smallest absolute Gasteiger partial charge is 0.161 e. The number of rotatable bonds is 40. The van der Waals surface area contributed by atoms with E-state index < -0.39 is 0 Å². The predicted octanol–water partition coefficient (Wildman–Crippen LogP) is 18.5. The molecule has 0 fully saturated rings. The van der Waals surface area contributed by atoms with Gasteiger partial charge in [-0.2, -0.15) is 0 Å². The lowest BCUT2D eigenvalue weighted by Crippen LogP contribution is -2.04. The summed E-state index contributed by atoms with van der Waals surface area (Å²) in [6.07, 6.45) is 36.1. The van der Waals surface area contributed by atoms with Gasteiger partial charge in [0, 0.05) is 0 Å². The van der Waals surface area contributed by atoms with Crippen molar-refractivity contribution in [1.82, 2.24) is 0 Å². The lowest BCUT2D eigenvalue weighted by atomic mass is 9.93. The molecule has 0 radical (unpaired) electrons. The first-order valence-corrected chi connectivity index (χ1v) is 26.9. The second-order valence-electron chi connectivity index (χ2n) is 18.6. The maximum atomic E-state index is 11.6. The second kappa shape index (κ2) is 33.0. The van der Waals surface area contributed by atoms with E-state index in [1.165, 1.54) is 148 Å². The summed E-state index contributed by atoms with van der Waals surface area (Å²) in [5, 5.41) is 17.8. The molecule has 4 aromatic rings. The summed E-state index contributed by atoms with van der Waals surface area (Å²) in [5.41, 5.74) is 0. The second-order valence-corrected chi connectivity index (χ2v) is 18.6. The first-order chi connectivity index (χ1) is 31.6. The van der Waals surface area contributed by atoms with Gasteiger partial charge in [-0.15, -0.1) is 0 Å². The molecule has 6 nitrogen and oxygen atoms in total. The molecule has 0 amide bonds. The zero-order valence-electron chi connectivity index (χ0n) is 41.7. The Bertz CT molecular complexity index is 1780. The molecule has 6 heteroatoms. The average molecular weight is 885 g/mol. The van der Waals surface area contributed by atoms with Gasteiger partial charge in [0.05, 0.1) is 33.0 Å². The molecule has 64 heavy (non-hydrogen) atoms. The highest BCUT2D eigenvalue weighted by molar-refractivity contribution is 6.26. The van der Waals surface area contributed by atoms with Gasteiger partial charge in [0.2, 0.25) is 0 Å². The Hall–Kier alpha value is -3.54. The molecule has 0 heterocycles. The van der Waals surface area contributed by atoms with Crippen molar-refractivity contribution in [3.05, 3.63) is 36.4 Å². The van der Waals surface area contributed by atoms with Gasteiger partial charge in [-0.1, -0.05) is 195 Å². The number of benzene rings is 4.